The van der Waals surface area contributed by atoms with E-state index in [1.807, 2.05) is 0 Å². The Morgan fingerprint density at radius 1 is 1.50 bits per heavy atom. The first-order chi connectivity index (χ1) is 7.72. The van der Waals surface area contributed by atoms with Crippen LogP contribution in [0.1, 0.15) is 6.92 Å². The first-order valence-electron chi connectivity index (χ1n) is 4.52. The molecule has 0 bridgehead atoms. The Morgan fingerprint density at radius 3 is 3.06 bits per heavy atom. The minimum atomic E-state index is -0.500. The molecule has 2 rings (SSSR count). The zero-order valence-corrected chi connectivity index (χ0v) is 8.38. The number of aromatic nitrogens is 6. The molecule has 0 aliphatic carbocycles. The van der Waals surface area contributed by atoms with Crippen LogP contribution in [0.25, 0.3) is 11.2 Å². The Morgan fingerprint density at radius 2 is 2.31 bits per heavy atom. The van der Waals surface area contributed by atoms with Gasteiger partial charge in [0.15, 0.2) is 0 Å². The highest BCUT2D eigenvalue weighted by molar-refractivity contribution is 5.73. The number of nitrogens with one attached hydrogen (secondary N) is 1. The van der Waals surface area contributed by atoms with Gasteiger partial charge in [0.1, 0.15) is 6.54 Å². The third-order valence-electron chi connectivity index (χ3n) is 1.80. The van der Waals surface area contributed by atoms with Crippen LogP contribution in [0.15, 0.2) is 4.79 Å². The van der Waals surface area contributed by atoms with Crippen molar-refractivity contribution in [3.05, 3.63) is 10.4 Å². The number of hydrogen-bond acceptors (Lipinski definition) is 7. The molecule has 0 aliphatic heterocycles. The average Bonchev–Trinajstić information content (AvgIpc) is 2.64. The van der Waals surface area contributed by atoms with E-state index in [4.69, 9.17) is 4.74 Å². The molecule has 0 aromatic carbocycles. The van der Waals surface area contributed by atoms with Crippen LogP contribution >= 0.6 is 0 Å². The molecule has 1 N–H and O–H groups in total. The summed E-state index contributed by atoms with van der Waals surface area (Å²) in [6.45, 7) is 1.82. The van der Waals surface area contributed by atoms with Gasteiger partial charge in [-0.2, -0.15) is 0 Å². The summed E-state index contributed by atoms with van der Waals surface area (Å²) in [6, 6.07) is 0. The minimum absolute atomic E-state index is 0.0410. The highest BCUT2D eigenvalue weighted by Gasteiger charge is 2.13. The number of aromatic amines is 1. The molecule has 0 fully saturated rings. The summed E-state index contributed by atoms with van der Waals surface area (Å²) in [5.74, 6) is -0.476. The molecule has 0 radical (unpaired) electrons. The van der Waals surface area contributed by atoms with Gasteiger partial charge < -0.3 is 4.74 Å². The monoisotopic (exact) mass is 224 g/mol. The molecule has 16 heavy (non-hydrogen) atoms. The van der Waals surface area contributed by atoms with Gasteiger partial charge in [0.2, 0.25) is 11.2 Å². The van der Waals surface area contributed by atoms with Gasteiger partial charge in [-0.15, -0.1) is 10.2 Å². The van der Waals surface area contributed by atoms with Crippen LogP contribution in [0, 0.1) is 0 Å². The molecule has 2 heterocycles. The van der Waals surface area contributed by atoms with E-state index in [-0.39, 0.29) is 24.3 Å². The second kappa shape index (κ2) is 4.04. The van der Waals surface area contributed by atoms with Crippen LogP contribution < -0.4 is 5.56 Å². The summed E-state index contributed by atoms with van der Waals surface area (Å²) >= 11 is 0. The second-order valence-corrected chi connectivity index (χ2v) is 2.87. The summed E-state index contributed by atoms with van der Waals surface area (Å²) in [5, 5.41) is 16.3. The van der Waals surface area contributed by atoms with Gasteiger partial charge >= 0.3 is 5.97 Å². The maximum atomic E-state index is 11.2. The lowest BCUT2D eigenvalue weighted by molar-refractivity contribution is -0.144. The Kier molecular flexibility index (Phi) is 2.58. The van der Waals surface area contributed by atoms with Crippen molar-refractivity contribution in [3.8, 4) is 0 Å². The van der Waals surface area contributed by atoms with E-state index in [1.54, 1.807) is 6.92 Å². The van der Waals surface area contributed by atoms with Gasteiger partial charge in [-0.3, -0.25) is 9.59 Å². The SMILES string of the molecule is CCOC(=O)Cn1nnc2c(=O)[nH]nnc21. The van der Waals surface area contributed by atoms with E-state index in [9.17, 15) is 9.59 Å². The van der Waals surface area contributed by atoms with Crippen LogP contribution in [-0.2, 0) is 16.1 Å². The lowest BCUT2D eigenvalue weighted by Crippen LogP contribution is -2.16. The van der Waals surface area contributed by atoms with Crippen molar-refractivity contribution >= 4 is 17.1 Å². The van der Waals surface area contributed by atoms with E-state index in [0.29, 0.717) is 0 Å². The molecule has 84 valence electrons. The van der Waals surface area contributed by atoms with Gasteiger partial charge in [0, 0.05) is 0 Å². The summed E-state index contributed by atoms with van der Waals surface area (Å²) in [6.07, 6.45) is 0. The number of fused-ring (bicyclic) bond motifs is 1. The largest absolute Gasteiger partial charge is 0.465 e. The quantitative estimate of drug-likeness (QED) is 0.629. The van der Waals surface area contributed by atoms with Crippen LogP contribution in [0.3, 0.4) is 0 Å². The number of hydrogen-bond donors (Lipinski definition) is 1. The Bertz CT molecular complexity index is 573. The van der Waals surface area contributed by atoms with Crippen LogP contribution in [0.4, 0.5) is 0 Å². The number of ether oxygens (including phenoxy) is 1. The smallest absolute Gasteiger partial charge is 0.327 e. The molecule has 0 unspecified atom stereocenters. The van der Waals surface area contributed by atoms with Gasteiger partial charge in [0.05, 0.1) is 6.61 Å². The molecule has 0 atom stereocenters. The second-order valence-electron chi connectivity index (χ2n) is 2.87. The summed E-state index contributed by atoms with van der Waals surface area (Å²) in [5.41, 5.74) is -0.309. The number of carbonyl (C=O) groups excluding carboxylic acids is 1. The van der Waals surface area contributed by atoms with Crippen LogP contribution in [0.5, 0.6) is 0 Å². The van der Waals surface area contributed by atoms with Crippen molar-refractivity contribution in [1.29, 1.82) is 0 Å². The molecule has 0 aliphatic rings. The fourth-order valence-electron chi connectivity index (χ4n) is 1.16. The predicted octanol–water partition coefficient (Wildman–Crippen LogP) is -1.53. The number of nitrogens with zero attached hydrogens (tertiary/aromatic N) is 5. The average molecular weight is 224 g/mol. The zero-order chi connectivity index (χ0) is 11.5. The number of H-pyrrole nitrogens is 1. The highest BCUT2D eigenvalue weighted by Crippen LogP contribution is 1.99. The van der Waals surface area contributed by atoms with E-state index >= 15 is 0 Å². The number of esters is 1. The minimum Gasteiger partial charge on any atom is -0.465 e. The normalized spacial score (nSPS) is 10.6. The van der Waals surface area contributed by atoms with E-state index < -0.39 is 11.5 Å². The Labute approximate surface area is 88.4 Å². The Hall–Kier alpha value is -2.32. The topological polar surface area (TPSA) is 116 Å². The molecule has 9 nitrogen and oxygen atoms in total. The maximum absolute atomic E-state index is 11.2. The van der Waals surface area contributed by atoms with Gasteiger partial charge in [-0.05, 0) is 6.92 Å². The number of rotatable bonds is 3. The Balaban J connectivity index is 2.36. The van der Waals surface area contributed by atoms with E-state index in [2.05, 4.69) is 25.7 Å². The number of carbonyl (C=O) groups is 1. The molecular weight excluding hydrogens is 216 g/mol. The van der Waals surface area contributed by atoms with Gasteiger partial charge in [-0.1, -0.05) is 10.4 Å². The van der Waals surface area contributed by atoms with Crippen molar-refractivity contribution in [1.82, 2.24) is 30.4 Å². The van der Waals surface area contributed by atoms with Crippen LogP contribution in [-0.4, -0.2) is 43.0 Å². The zero-order valence-electron chi connectivity index (χ0n) is 8.38. The molecular formula is C7H8N6O3. The maximum Gasteiger partial charge on any atom is 0.327 e. The van der Waals surface area contributed by atoms with Crippen molar-refractivity contribution in [3.63, 3.8) is 0 Å². The van der Waals surface area contributed by atoms with Gasteiger partial charge in [-0.25, -0.2) is 9.78 Å². The summed E-state index contributed by atoms with van der Waals surface area (Å²) in [4.78, 5) is 22.4. The van der Waals surface area contributed by atoms with E-state index in [0.717, 1.165) is 4.68 Å². The fraction of sp³-hybridized carbons (Fsp3) is 0.429. The third kappa shape index (κ3) is 1.74. The molecule has 0 spiro atoms. The van der Waals surface area contributed by atoms with E-state index in [1.165, 1.54) is 0 Å². The molecule has 2 aromatic heterocycles. The first-order valence-corrected chi connectivity index (χ1v) is 4.52. The van der Waals surface area contributed by atoms with Gasteiger partial charge in [0.25, 0.3) is 5.56 Å². The highest BCUT2D eigenvalue weighted by atomic mass is 16.5. The lowest BCUT2D eigenvalue weighted by Gasteiger charge is -2.00. The molecule has 2 aromatic rings. The van der Waals surface area contributed by atoms with Crippen molar-refractivity contribution in [2.75, 3.05) is 6.61 Å². The standard InChI is InChI=1S/C7H8N6O3/c1-2-16-4(14)3-13-6-5(8-12-13)7(15)10-11-9-6/h2-3H2,1H3,(H,9,10,15). The van der Waals surface area contributed by atoms with Crippen LogP contribution in [0.2, 0.25) is 0 Å². The molecule has 0 saturated carbocycles. The molecule has 0 amide bonds. The first kappa shape index (κ1) is 10.2. The molecule has 0 saturated heterocycles. The summed E-state index contributed by atoms with van der Waals surface area (Å²) < 4.78 is 5.89. The lowest BCUT2D eigenvalue weighted by atomic mass is 10.5. The third-order valence-corrected chi connectivity index (χ3v) is 1.80. The summed E-state index contributed by atoms with van der Waals surface area (Å²) in [7, 11) is 0. The predicted molar refractivity (Wildman–Crippen MR) is 50.4 cm³/mol. The fourth-order valence-corrected chi connectivity index (χ4v) is 1.16. The van der Waals surface area contributed by atoms with Crippen molar-refractivity contribution in [2.24, 2.45) is 0 Å². The van der Waals surface area contributed by atoms with Crippen molar-refractivity contribution in [2.45, 2.75) is 13.5 Å². The molecule has 9 heteroatoms. The van der Waals surface area contributed by atoms with Crippen molar-refractivity contribution < 1.29 is 9.53 Å².